The lowest BCUT2D eigenvalue weighted by atomic mass is 9.98. The van der Waals surface area contributed by atoms with Gasteiger partial charge in [0.1, 0.15) is 0 Å². The molecule has 26 heavy (non-hydrogen) atoms. The number of fused-ring (bicyclic) bond motifs is 2. The second-order valence-corrected chi connectivity index (χ2v) is 7.35. The fourth-order valence-corrected chi connectivity index (χ4v) is 4.13. The Kier molecular flexibility index (Phi) is 5.22. The molecule has 1 atom stereocenters. The number of rotatable bonds is 6. The molecule has 0 amide bonds. The quantitative estimate of drug-likeness (QED) is 0.503. The van der Waals surface area contributed by atoms with Crippen LogP contribution < -0.4 is 0 Å². The van der Waals surface area contributed by atoms with Crippen LogP contribution in [0.25, 0.3) is 16.8 Å². The Morgan fingerprint density at radius 3 is 2.62 bits per heavy atom. The molecule has 0 saturated carbocycles. The number of unbranched alkanes of at least 4 members (excludes halogenated alkanes) is 2. The Morgan fingerprint density at radius 2 is 1.96 bits per heavy atom. The third kappa shape index (κ3) is 2.85. The van der Waals surface area contributed by atoms with Crippen molar-refractivity contribution >= 4 is 11.5 Å². The van der Waals surface area contributed by atoms with Crippen LogP contribution in [0.4, 0.5) is 0 Å². The Hall–Kier alpha value is -2.10. The Balaban J connectivity index is 2.22. The van der Waals surface area contributed by atoms with Crippen LogP contribution in [-0.2, 0) is 11.2 Å². The monoisotopic (exact) mass is 354 g/mol. The highest BCUT2D eigenvalue weighted by Gasteiger charge is 2.31. The number of carbonyl (C=O) groups excluding carboxylic acids is 1. The van der Waals surface area contributed by atoms with Crippen LogP contribution in [0.2, 0.25) is 0 Å². The summed E-state index contributed by atoms with van der Waals surface area (Å²) in [6.45, 7) is 13.1. The summed E-state index contributed by atoms with van der Waals surface area (Å²) in [7, 11) is 0. The van der Waals surface area contributed by atoms with Crippen LogP contribution in [0.3, 0.4) is 0 Å². The molecular formula is C22H30N2O2. The Bertz CT molecular complexity index is 844. The third-order valence-corrected chi connectivity index (χ3v) is 5.81. The van der Waals surface area contributed by atoms with E-state index in [1.807, 2.05) is 13.8 Å². The van der Waals surface area contributed by atoms with Crippen molar-refractivity contribution < 1.29 is 9.53 Å². The van der Waals surface area contributed by atoms with Crippen LogP contribution in [0.1, 0.15) is 87.4 Å². The predicted octanol–water partition coefficient (Wildman–Crippen LogP) is 5.57. The van der Waals surface area contributed by atoms with Gasteiger partial charge in [0.05, 0.1) is 18.3 Å². The van der Waals surface area contributed by atoms with Gasteiger partial charge in [-0.05, 0) is 70.2 Å². The van der Waals surface area contributed by atoms with Crippen molar-refractivity contribution in [2.45, 2.75) is 73.3 Å². The number of ether oxygens (including phenoxy) is 1. The smallest absolute Gasteiger partial charge is 0.357 e. The largest absolute Gasteiger partial charge is 0.461 e. The van der Waals surface area contributed by atoms with E-state index in [1.165, 1.54) is 35.4 Å². The van der Waals surface area contributed by atoms with Gasteiger partial charge in [0.2, 0.25) is 0 Å². The van der Waals surface area contributed by atoms with Crippen molar-refractivity contribution in [3.63, 3.8) is 0 Å². The van der Waals surface area contributed by atoms with Gasteiger partial charge in [-0.3, -0.25) is 0 Å². The first-order chi connectivity index (χ1) is 12.4. The van der Waals surface area contributed by atoms with Crippen molar-refractivity contribution in [1.82, 2.24) is 9.55 Å². The van der Waals surface area contributed by atoms with E-state index in [0.717, 1.165) is 29.7 Å². The van der Waals surface area contributed by atoms with Gasteiger partial charge in [-0.25, -0.2) is 9.78 Å². The van der Waals surface area contributed by atoms with E-state index < -0.39 is 0 Å². The van der Waals surface area contributed by atoms with Crippen LogP contribution >= 0.6 is 0 Å². The highest BCUT2D eigenvalue weighted by atomic mass is 16.5. The Morgan fingerprint density at radius 1 is 1.23 bits per heavy atom. The first-order valence-corrected chi connectivity index (χ1v) is 9.81. The molecule has 0 saturated heterocycles. The van der Waals surface area contributed by atoms with Crippen LogP contribution in [-0.4, -0.2) is 22.1 Å². The van der Waals surface area contributed by atoms with Gasteiger partial charge in [-0.1, -0.05) is 19.8 Å². The summed E-state index contributed by atoms with van der Waals surface area (Å²) in [6, 6.07) is 2.50. The SMILES string of the molecule is CCCCCc1c2c(C)c(C(=O)OCC)nc-2cc2n1C(C)C(C)=C2C. The van der Waals surface area contributed by atoms with E-state index in [4.69, 9.17) is 4.74 Å². The van der Waals surface area contributed by atoms with Crippen LogP contribution in [0, 0.1) is 6.92 Å². The van der Waals surface area contributed by atoms with Gasteiger partial charge in [0, 0.05) is 17.0 Å². The molecule has 0 aromatic carbocycles. The van der Waals surface area contributed by atoms with Crippen molar-refractivity contribution in [1.29, 1.82) is 0 Å². The molecule has 0 fully saturated rings. The molecule has 3 aliphatic heterocycles. The zero-order valence-corrected chi connectivity index (χ0v) is 16.9. The molecule has 0 aromatic heterocycles. The van der Waals surface area contributed by atoms with Gasteiger partial charge in [-0.15, -0.1) is 0 Å². The Labute approximate surface area is 156 Å². The van der Waals surface area contributed by atoms with Gasteiger partial charge in [0.25, 0.3) is 0 Å². The average molecular weight is 354 g/mol. The van der Waals surface area contributed by atoms with E-state index >= 15 is 0 Å². The van der Waals surface area contributed by atoms with E-state index in [1.54, 1.807) is 0 Å². The summed E-state index contributed by atoms with van der Waals surface area (Å²) < 4.78 is 7.68. The number of hydrogen-bond acceptors (Lipinski definition) is 3. The molecule has 140 valence electrons. The maximum absolute atomic E-state index is 12.3. The number of hydrogen-bond donors (Lipinski definition) is 0. The fraction of sp³-hybridized carbons (Fsp3) is 0.545. The van der Waals surface area contributed by atoms with Crippen LogP contribution in [0.15, 0.2) is 11.6 Å². The second-order valence-electron chi connectivity index (χ2n) is 7.35. The number of nitrogens with zero attached hydrogens (tertiary/aromatic N) is 2. The zero-order valence-electron chi connectivity index (χ0n) is 16.9. The number of pyridine rings is 1. The summed E-state index contributed by atoms with van der Waals surface area (Å²) in [6.07, 6.45) is 4.57. The lowest BCUT2D eigenvalue weighted by molar-refractivity contribution is 0.0519. The highest BCUT2D eigenvalue weighted by molar-refractivity contribution is 5.94. The van der Waals surface area contributed by atoms with Crippen molar-refractivity contribution in [2.75, 3.05) is 6.61 Å². The molecule has 0 aliphatic carbocycles. The minimum atomic E-state index is -0.317. The molecule has 1 unspecified atom stereocenters. The standard InChI is InChI=1S/C22H30N2O2/c1-7-9-10-11-18-20-15(5)21(22(25)26-8-2)23-17(20)12-19-14(4)13(3)16(6)24(18)19/h12,16H,7-11H2,1-6H3. The van der Waals surface area contributed by atoms with Gasteiger partial charge in [-0.2, -0.15) is 0 Å². The summed E-state index contributed by atoms with van der Waals surface area (Å²) >= 11 is 0. The van der Waals surface area contributed by atoms with Crippen molar-refractivity contribution in [2.24, 2.45) is 0 Å². The van der Waals surface area contributed by atoms with Crippen LogP contribution in [0.5, 0.6) is 0 Å². The van der Waals surface area contributed by atoms with E-state index in [-0.39, 0.29) is 5.97 Å². The topological polar surface area (TPSA) is 44.1 Å². The molecule has 0 radical (unpaired) electrons. The molecule has 4 nitrogen and oxygen atoms in total. The molecular weight excluding hydrogens is 324 g/mol. The molecule has 3 rings (SSSR count). The highest BCUT2D eigenvalue weighted by Crippen LogP contribution is 2.43. The summed E-state index contributed by atoms with van der Waals surface area (Å²) in [5.41, 5.74) is 8.78. The molecule has 0 bridgehead atoms. The third-order valence-electron chi connectivity index (χ3n) is 5.81. The van der Waals surface area contributed by atoms with Gasteiger partial charge in [0.15, 0.2) is 5.69 Å². The first kappa shape index (κ1) is 18.7. The number of carbonyl (C=O) groups is 1. The van der Waals surface area contributed by atoms with Gasteiger partial charge < -0.3 is 9.30 Å². The number of allylic oxidation sites excluding steroid dienone is 2. The van der Waals surface area contributed by atoms with Gasteiger partial charge >= 0.3 is 5.97 Å². The fourth-order valence-electron chi connectivity index (χ4n) is 4.13. The summed E-state index contributed by atoms with van der Waals surface area (Å²) in [4.78, 5) is 17.0. The molecule has 4 heteroatoms. The predicted molar refractivity (Wildman–Crippen MR) is 106 cm³/mol. The second kappa shape index (κ2) is 7.26. The summed E-state index contributed by atoms with van der Waals surface area (Å²) in [5, 5.41) is 0. The summed E-state index contributed by atoms with van der Waals surface area (Å²) in [5.74, 6) is -0.317. The number of aromatic nitrogens is 2. The molecule has 0 N–H and O–H groups in total. The first-order valence-electron chi connectivity index (χ1n) is 9.81. The zero-order chi connectivity index (χ0) is 19.0. The maximum Gasteiger partial charge on any atom is 0.357 e. The van der Waals surface area contributed by atoms with E-state index in [9.17, 15) is 4.79 Å². The minimum absolute atomic E-state index is 0.317. The lowest BCUT2D eigenvalue weighted by Gasteiger charge is -2.22. The van der Waals surface area contributed by atoms with E-state index in [0.29, 0.717) is 18.3 Å². The maximum atomic E-state index is 12.3. The average Bonchev–Trinajstić information content (AvgIpc) is 3.06. The van der Waals surface area contributed by atoms with Crippen molar-refractivity contribution in [3.8, 4) is 11.3 Å². The lowest BCUT2D eigenvalue weighted by Crippen LogP contribution is -2.13. The molecule has 0 spiro atoms. The minimum Gasteiger partial charge on any atom is -0.461 e. The molecule has 3 heterocycles. The number of esters is 1. The normalized spacial score (nSPS) is 16.5. The molecule has 3 aliphatic rings. The van der Waals surface area contributed by atoms with E-state index in [2.05, 4.69) is 43.3 Å². The molecule has 0 aromatic rings. The van der Waals surface area contributed by atoms with Crippen molar-refractivity contribution in [3.05, 3.63) is 34.3 Å².